The summed E-state index contributed by atoms with van der Waals surface area (Å²) in [6.45, 7) is 0. The van der Waals surface area contributed by atoms with Crippen molar-refractivity contribution in [1.29, 1.82) is 0 Å². The largest absolute Gasteiger partial charge is 0.256 e. The number of para-hydroxylation sites is 1. The van der Waals surface area contributed by atoms with Gasteiger partial charge in [0.15, 0.2) is 0 Å². The van der Waals surface area contributed by atoms with E-state index in [1.165, 1.54) is 11.1 Å². The van der Waals surface area contributed by atoms with E-state index in [4.69, 9.17) is 0 Å². The van der Waals surface area contributed by atoms with Crippen LogP contribution < -0.4 is 10.7 Å². The number of rotatable bonds is 0. The molecule has 2 aliphatic rings. The average Bonchev–Trinajstić information content (AvgIpc) is 2.88. The summed E-state index contributed by atoms with van der Waals surface area (Å²) in [5.74, 6) is 0. The van der Waals surface area contributed by atoms with Gasteiger partial charge in [-0.3, -0.25) is 4.99 Å². The fraction of sp³-hybridized carbons (Fsp3) is 0. The minimum atomic E-state index is 1.05. The van der Waals surface area contributed by atoms with Gasteiger partial charge in [-0.25, -0.2) is 4.99 Å². The molecule has 2 heteroatoms. The van der Waals surface area contributed by atoms with E-state index in [0.717, 1.165) is 22.0 Å². The number of hydrogen-bond donors (Lipinski definition) is 0. The molecule has 0 fully saturated rings. The van der Waals surface area contributed by atoms with E-state index in [0.29, 0.717) is 0 Å². The van der Waals surface area contributed by atoms with Crippen molar-refractivity contribution in [1.82, 2.24) is 0 Å². The van der Waals surface area contributed by atoms with Crippen LogP contribution in [0.4, 0.5) is 5.69 Å². The van der Waals surface area contributed by atoms with Crippen LogP contribution in [-0.4, -0.2) is 0 Å². The lowest BCUT2D eigenvalue weighted by Crippen LogP contribution is -2.11. The first-order valence-electron chi connectivity index (χ1n) is 5.28. The van der Waals surface area contributed by atoms with Crippen LogP contribution in [0.3, 0.4) is 0 Å². The molecule has 0 atom stereocenters. The highest BCUT2D eigenvalue weighted by Gasteiger charge is 2.14. The molecule has 0 saturated heterocycles. The van der Waals surface area contributed by atoms with E-state index < -0.39 is 0 Å². The van der Waals surface area contributed by atoms with Gasteiger partial charge in [-0.05, 0) is 24.3 Å². The normalized spacial score (nSPS) is 13.8. The third-order valence-corrected chi connectivity index (χ3v) is 3.05. The Labute approximate surface area is 92.3 Å². The molecule has 0 N–H and O–H groups in total. The second-order valence-corrected chi connectivity index (χ2v) is 4.00. The summed E-state index contributed by atoms with van der Waals surface area (Å²) in [6.07, 6.45) is 3.86. The fourth-order valence-corrected chi connectivity index (χ4v) is 2.27. The molecule has 0 unspecified atom stereocenters. The van der Waals surface area contributed by atoms with Crippen LogP contribution in [0.1, 0.15) is 5.56 Å². The van der Waals surface area contributed by atoms with E-state index >= 15 is 0 Å². The maximum atomic E-state index is 4.62. The van der Waals surface area contributed by atoms with Gasteiger partial charge in [0.1, 0.15) is 0 Å². The molecule has 2 aliphatic heterocycles. The molecule has 0 aromatic heterocycles. The lowest BCUT2D eigenvalue weighted by Gasteiger charge is -1.98. The number of benzene rings is 2. The van der Waals surface area contributed by atoms with E-state index in [2.05, 4.69) is 28.2 Å². The second-order valence-electron chi connectivity index (χ2n) is 4.00. The molecule has 2 heterocycles. The standard InChI is InChI=1S/C14H8N2/c1-2-4-12-10(3-1)11-8-13-9(5-6-15-13)7-14(11)16-12/h1-8H. The van der Waals surface area contributed by atoms with Gasteiger partial charge in [0, 0.05) is 22.9 Å². The Morgan fingerprint density at radius 1 is 0.875 bits per heavy atom. The summed E-state index contributed by atoms with van der Waals surface area (Å²) in [6, 6.07) is 12.5. The van der Waals surface area contributed by atoms with Gasteiger partial charge in [0.2, 0.25) is 0 Å². The molecule has 2 aromatic carbocycles. The minimum Gasteiger partial charge on any atom is -0.256 e. The zero-order chi connectivity index (χ0) is 10.5. The predicted molar refractivity (Wildman–Crippen MR) is 62.9 cm³/mol. The molecular weight excluding hydrogens is 196 g/mol. The molecule has 0 saturated carbocycles. The average molecular weight is 204 g/mol. The lowest BCUT2D eigenvalue weighted by molar-refractivity contribution is 1.34. The minimum absolute atomic E-state index is 1.05. The molecule has 4 rings (SSSR count). The molecule has 2 nitrogen and oxygen atoms in total. The van der Waals surface area contributed by atoms with E-state index in [9.17, 15) is 0 Å². The SMILES string of the molecule is C1=Cc2cc3c(cc2=N1)-c1ccccc1N=3. The Hall–Kier alpha value is -2.22. The number of hydrogen-bond acceptors (Lipinski definition) is 2. The second kappa shape index (κ2) is 2.67. The molecular formula is C14H8N2. The summed E-state index contributed by atoms with van der Waals surface area (Å²) < 4.78 is 0. The Morgan fingerprint density at radius 2 is 1.81 bits per heavy atom. The molecule has 74 valence electrons. The molecule has 0 radical (unpaired) electrons. The van der Waals surface area contributed by atoms with Crippen LogP contribution in [-0.2, 0) is 0 Å². The van der Waals surface area contributed by atoms with Crippen LogP contribution in [0.5, 0.6) is 0 Å². The quantitative estimate of drug-likeness (QED) is 0.536. The highest BCUT2D eigenvalue weighted by molar-refractivity contribution is 5.79. The van der Waals surface area contributed by atoms with Gasteiger partial charge in [0.25, 0.3) is 0 Å². The Balaban J connectivity index is 2.15. The Kier molecular flexibility index (Phi) is 1.33. The van der Waals surface area contributed by atoms with E-state index in [-0.39, 0.29) is 0 Å². The first-order chi connectivity index (χ1) is 7.92. The summed E-state index contributed by atoms with van der Waals surface area (Å²) in [7, 11) is 0. The fourth-order valence-electron chi connectivity index (χ4n) is 2.27. The first-order valence-corrected chi connectivity index (χ1v) is 5.28. The third kappa shape index (κ3) is 0.910. The monoisotopic (exact) mass is 204 g/mol. The third-order valence-electron chi connectivity index (χ3n) is 3.05. The molecule has 0 spiro atoms. The summed E-state index contributed by atoms with van der Waals surface area (Å²) >= 11 is 0. The lowest BCUT2D eigenvalue weighted by atomic mass is 10.0. The maximum absolute atomic E-state index is 4.62. The van der Waals surface area contributed by atoms with Crippen LogP contribution in [0.25, 0.3) is 17.2 Å². The molecule has 0 aliphatic carbocycles. The highest BCUT2D eigenvalue weighted by Crippen LogP contribution is 2.31. The van der Waals surface area contributed by atoms with Crippen molar-refractivity contribution in [3.8, 4) is 11.1 Å². The Bertz CT molecular complexity index is 755. The first kappa shape index (κ1) is 7.99. The zero-order valence-corrected chi connectivity index (χ0v) is 8.51. The van der Waals surface area contributed by atoms with Gasteiger partial charge in [-0.1, -0.05) is 18.2 Å². The Morgan fingerprint density at radius 3 is 2.81 bits per heavy atom. The number of fused-ring (bicyclic) bond motifs is 4. The van der Waals surface area contributed by atoms with Crippen molar-refractivity contribution in [2.24, 2.45) is 9.98 Å². The van der Waals surface area contributed by atoms with Crippen molar-refractivity contribution in [2.45, 2.75) is 0 Å². The molecule has 0 bridgehead atoms. The van der Waals surface area contributed by atoms with Crippen LogP contribution in [0, 0.1) is 0 Å². The molecule has 2 aromatic rings. The molecule has 0 amide bonds. The van der Waals surface area contributed by atoms with Crippen LogP contribution >= 0.6 is 0 Å². The predicted octanol–water partition coefficient (Wildman–Crippen LogP) is 2.22. The van der Waals surface area contributed by atoms with Crippen LogP contribution in [0.15, 0.2) is 52.6 Å². The van der Waals surface area contributed by atoms with Gasteiger partial charge in [-0.15, -0.1) is 0 Å². The van der Waals surface area contributed by atoms with Crippen LogP contribution in [0.2, 0.25) is 0 Å². The van der Waals surface area contributed by atoms with Crippen molar-refractivity contribution < 1.29 is 0 Å². The van der Waals surface area contributed by atoms with E-state index in [1.807, 2.05) is 30.5 Å². The highest BCUT2D eigenvalue weighted by atomic mass is 14.8. The smallest absolute Gasteiger partial charge is 0.0723 e. The number of nitrogens with zero attached hydrogens (tertiary/aromatic N) is 2. The topological polar surface area (TPSA) is 24.7 Å². The summed E-state index contributed by atoms with van der Waals surface area (Å²) in [5, 5.41) is 2.10. The maximum Gasteiger partial charge on any atom is 0.0723 e. The van der Waals surface area contributed by atoms with Gasteiger partial charge >= 0.3 is 0 Å². The van der Waals surface area contributed by atoms with Gasteiger partial charge < -0.3 is 0 Å². The van der Waals surface area contributed by atoms with Crippen molar-refractivity contribution >= 4 is 11.8 Å². The van der Waals surface area contributed by atoms with Crippen molar-refractivity contribution in [3.05, 3.63) is 58.9 Å². The zero-order valence-electron chi connectivity index (χ0n) is 8.51. The van der Waals surface area contributed by atoms with Gasteiger partial charge in [-0.2, -0.15) is 0 Å². The summed E-state index contributed by atoms with van der Waals surface area (Å²) in [4.78, 5) is 8.94. The summed E-state index contributed by atoms with van der Waals surface area (Å²) in [5.41, 5.74) is 4.63. The van der Waals surface area contributed by atoms with Gasteiger partial charge in [0.05, 0.1) is 16.4 Å². The van der Waals surface area contributed by atoms with Crippen molar-refractivity contribution in [3.63, 3.8) is 0 Å². The van der Waals surface area contributed by atoms with E-state index in [1.54, 1.807) is 0 Å². The molecule has 16 heavy (non-hydrogen) atoms. The van der Waals surface area contributed by atoms with Crippen molar-refractivity contribution in [2.75, 3.05) is 0 Å².